The first-order valence-electron chi connectivity index (χ1n) is 4.97. The van der Waals surface area contributed by atoms with Crippen molar-refractivity contribution < 1.29 is 68.1 Å². The fraction of sp³-hybridized carbons (Fsp3) is 0.333. The number of aliphatic imine (C=N–C) groups is 1. The van der Waals surface area contributed by atoms with Gasteiger partial charge in [-0.25, -0.2) is 4.99 Å². The smallest absolute Gasteiger partial charge is 0.528 e. The number of nitrogens with zero attached hydrogens (tertiary/aromatic N) is 1. The number of carbonyl (C=O) groups is 1. The molecule has 4 nitrogen and oxygen atoms in total. The van der Waals surface area contributed by atoms with Gasteiger partial charge in [0.05, 0.1) is 0 Å². The zero-order valence-corrected chi connectivity index (χ0v) is 15.6. The van der Waals surface area contributed by atoms with Gasteiger partial charge in [-0.15, -0.1) is 0 Å². The van der Waals surface area contributed by atoms with Gasteiger partial charge in [-0.3, -0.25) is 0 Å². The third kappa shape index (κ3) is 5.42. The molecule has 0 aromatic heterocycles. The molecule has 1 aromatic rings. The van der Waals surface area contributed by atoms with Crippen molar-refractivity contribution in [1.82, 2.24) is 0 Å². The maximum absolute atomic E-state index is 10.2. The molecule has 0 radical (unpaired) electrons. The third-order valence-corrected chi connectivity index (χ3v) is 2.26. The van der Waals surface area contributed by atoms with Crippen molar-refractivity contribution in [3.63, 3.8) is 0 Å². The van der Waals surface area contributed by atoms with Gasteiger partial charge in [0.2, 0.25) is 0 Å². The molecule has 0 aliphatic heterocycles. The van der Waals surface area contributed by atoms with Gasteiger partial charge in [0.15, 0.2) is 6.09 Å². The Morgan fingerprint density at radius 3 is 2.06 bits per heavy atom. The van der Waals surface area contributed by atoms with E-state index in [0.717, 1.165) is 5.56 Å². The summed E-state index contributed by atoms with van der Waals surface area (Å²) in [5.41, 5.74) is 7.27. The molecule has 2 N–H and O–H groups in total. The largest absolute Gasteiger partial charge is 1.00 e. The van der Waals surface area contributed by atoms with E-state index in [1.807, 2.05) is 12.1 Å². The minimum atomic E-state index is -1.53. The van der Waals surface area contributed by atoms with E-state index in [1.165, 1.54) is 0 Å². The number of amidine groups is 1. The van der Waals surface area contributed by atoms with Crippen LogP contribution in [0.1, 0.15) is 31.9 Å². The van der Waals surface area contributed by atoms with E-state index in [9.17, 15) is 9.90 Å². The van der Waals surface area contributed by atoms with Crippen LogP contribution in [0.2, 0.25) is 0 Å². The van der Waals surface area contributed by atoms with Crippen LogP contribution in [0.5, 0.6) is 0 Å². The molecule has 1 rings (SSSR count). The zero-order valence-electron chi connectivity index (χ0n) is 10.7. The van der Waals surface area contributed by atoms with Gasteiger partial charge in [0.1, 0.15) is 5.84 Å². The second-order valence-corrected chi connectivity index (χ2v) is 4.59. The molecule has 0 bridgehead atoms. The van der Waals surface area contributed by atoms with Gasteiger partial charge < -0.3 is 15.6 Å². The Bertz CT molecular complexity index is 419. The predicted molar refractivity (Wildman–Crippen MR) is 61.3 cm³/mol. The van der Waals surface area contributed by atoms with Crippen LogP contribution in [0.3, 0.4) is 0 Å². The maximum Gasteiger partial charge on any atom is 1.00 e. The molecule has 0 aliphatic rings. The Morgan fingerprint density at radius 1 is 1.24 bits per heavy atom. The molecule has 1 aromatic carbocycles. The molecular formula is C12H15N2O2Rb. The van der Waals surface area contributed by atoms with Gasteiger partial charge in [-0.2, -0.15) is 0 Å². The van der Waals surface area contributed by atoms with E-state index in [1.54, 1.807) is 12.1 Å². The molecule has 86 valence electrons. The average molecular weight is 305 g/mol. The summed E-state index contributed by atoms with van der Waals surface area (Å²) in [6.45, 7) is 6.29. The van der Waals surface area contributed by atoms with E-state index in [0.29, 0.717) is 5.56 Å². The first-order valence-corrected chi connectivity index (χ1v) is 4.97. The van der Waals surface area contributed by atoms with Crippen molar-refractivity contribution in [2.75, 3.05) is 0 Å². The van der Waals surface area contributed by atoms with Crippen LogP contribution >= 0.6 is 0 Å². The first-order chi connectivity index (χ1) is 7.30. The number of carbonyl (C=O) groups excluding carboxylic acids is 1. The molecule has 0 fully saturated rings. The molecule has 0 heterocycles. The van der Waals surface area contributed by atoms with Gasteiger partial charge in [0.25, 0.3) is 0 Å². The SMILES string of the molecule is CC(C)(C)c1ccc(C(N)=NC(=O)[O-])cc1.[Rb+]. The van der Waals surface area contributed by atoms with Gasteiger partial charge in [0, 0.05) is 5.56 Å². The molecule has 17 heavy (non-hydrogen) atoms. The number of nitrogens with two attached hydrogens (primary N) is 1. The van der Waals surface area contributed by atoms with Crippen molar-refractivity contribution >= 4 is 11.9 Å². The summed E-state index contributed by atoms with van der Waals surface area (Å²) in [4.78, 5) is 13.4. The standard InChI is InChI=1S/C12H16N2O2.Rb/c1-12(2,3)9-6-4-8(5-7-9)10(13)14-11(15)16;/h4-7H,1-3H3,(H2,13,14)(H,15,16);/q;+1/p-1. The quantitative estimate of drug-likeness (QED) is 0.483. The molecule has 1 amide bonds. The van der Waals surface area contributed by atoms with Gasteiger partial charge >= 0.3 is 58.2 Å². The maximum atomic E-state index is 10.2. The van der Waals surface area contributed by atoms with Crippen molar-refractivity contribution in [2.24, 2.45) is 10.7 Å². The van der Waals surface area contributed by atoms with E-state index in [-0.39, 0.29) is 69.4 Å². The Kier molecular flexibility index (Phi) is 6.77. The Labute approximate surface area is 150 Å². The van der Waals surface area contributed by atoms with E-state index >= 15 is 0 Å². The predicted octanol–water partition coefficient (Wildman–Crippen LogP) is -1.96. The fourth-order valence-corrected chi connectivity index (χ4v) is 1.30. The number of benzene rings is 1. The number of carboxylic acid groups (broad SMARTS) is 1. The van der Waals surface area contributed by atoms with Crippen LogP contribution in [0.25, 0.3) is 0 Å². The van der Waals surface area contributed by atoms with Crippen molar-refractivity contribution in [3.05, 3.63) is 35.4 Å². The van der Waals surface area contributed by atoms with Crippen LogP contribution in [0, 0.1) is 0 Å². The summed E-state index contributed by atoms with van der Waals surface area (Å²) < 4.78 is 0. The summed E-state index contributed by atoms with van der Waals surface area (Å²) in [7, 11) is 0. The van der Waals surface area contributed by atoms with E-state index in [4.69, 9.17) is 5.73 Å². The molecule has 5 heteroatoms. The molecular weight excluding hydrogens is 290 g/mol. The molecule has 0 unspecified atom stereocenters. The Hall–Kier alpha value is -0.0348. The van der Waals surface area contributed by atoms with Gasteiger partial charge in [-0.05, 0) is 11.0 Å². The van der Waals surface area contributed by atoms with Crippen LogP contribution in [-0.2, 0) is 5.41 Å². The first kappa shape index (κ1) is 17.0. The topological polar surface area (TPSA) is 78.5 Å². The van der Waals surface area contributed by atoms with E-state index in [2.05, 4.69) is 25.8 Å². The molecule has 0 aliphatic carbocycles. The minimum absolute atomic E-state index is 0. The van der Waals surface area contributed by atoms with Crippen LogP contribution in [0.4, 0.5) is 4.79 Å². The van der Waals surface area contributed by atoms with Crippen molar-refractivity contribution in [1.29, 1.82) is 0 Å². The summed E-state index contributed by atoms with van der Waals surface area (Å²) in [6, 6.07) is 7.32. The summed E-state index contributed by atoms with van der Waals surface area (Å²) in [5, 5.41) is 10.2. The van der Waals surface area contributed by atoms with Crippen molar-refractivity contribution in [2.45, 2.75) is 26.2 Å². The fourth-order valence-electron chi connectivity index (χ4n) is 1.30. The number of hydrogen-bond donors (Lipinski definition) is 1. The van der Waals surface area contributed by atoms with E-state index < -0.39 is 6.09 Å². The summed E-state index contributed by atoms with van der Waals surface area (Å²) in [6.07, 6.45) is -1.53. The second kappa shape index (κ2) is 6.78. The van der Waals surface area contributed by atoms with Crippen LogP contribution in [-0.4, -0.2) is 11.9 Å². The summed E-state index contributed by atoms with van der Waals surface area (Å²) in [5.74, 6) is -0.0412. The van der Waals surface area contributed by atoms with Crippen LogP contribution < -0.4 is 69.0 Å². The summed E-state index contributed by atoms with van der Waals surface area (Å²) >= 11 is 0. The number of hydrogen-bond acceptors (Lipinski definition) is 2. The normalized spacial score (nSPS) is 11.8. The monoisotopic (exact) mass is 304 g/mol. The van der Waals surface area contributed by atoms with Crippen molar-refractivity contribution in [3.8, 4) is 0 Å². The number of rotatable bonds is 1. The Morgan fingerprint density at radius 2 is 1.71 bits per heavy atom. The average Bonchev–Trinajstić information content (AvgIpc) is 2.15. The molecule has 0 saturated carbocycles. The number of amides is 1. The zero-order chi connectivity index (χ0) is 12.3. The van der Waals surface area contributed by atoms with Crippen LogP contribution in [0.15, 0.2) is 29.3 Å². The molecule has 0 spiro atoms. The minimum Gasteiger partial charge on any atom is -0.528 e. The van der Waals surface area contributed by atoms with Gasteiger partial charge in [-0.1, -0.05) is 45.0 Å². The molecule has 0 saturated heterocycles. The molecule has 0 atom stereocenters. The Balaban J connectivity index is 0.00000256. The third-order valence-electron chi connectivity index (χ3n) is 2.26. The second-order valence-electron chi connectivity index (χ2n) is 4.59.